The number of anilines is 1. The van der Waals surface area contributed by atoms with Crippen LogP contribution in [0.1, 0.15) is 17.3 Å². The van der Waals surface area contributed by atoms with Crippen LogP contribution in [0.5, 0.6) is 17.2 Å². The van der Waals surface area contributed by atoms with Gasteiger partial charge < -0.3 is 9.84 Å². The molecule has 0 radical (unpaired) electrons. The first-order valence-electron chi connectivity index (χ1n) is 6.55. The van der Waals surface area contributed by atoms with Crippen molar-refractivity contribution in [1.82, 2.24) is 0 Å². The first-order valence-corrected chi connectivity index (χ1v) is 8.44. The molecule has 24 heavy (non-hydrogen) atoms. The number of carbonyl (C=O) groups excluding carboxylic acids is 1. The minimum Gasteiger partial charge on any atom is -0.507 e. The number of rotatable bonds is 5. The quantitative estimate of drug-likeness (QED) is 0.803. The molecule has 0 atom stereocenters. The second kappa shape index (κ2) is 6.44. The number of Topliss-reactive ketones (excluding diaryl/α,β-unsaturated/α-hetero) is 1. The highest BCUT2D eigenvalue weighted by Crippen LogP contribution is 2.37. The SMILES string of the molecule is CC(=O)c1cc(Oc2ccc(F)cc2F)c(NS(C)(=O)=O)cc1O. The Morgan fingerprint density at radius 2 is 1.83 bits per heavy atom. The van der Waals surface area contributed by atoms with E-state index < -0.39 is 33.2 Å². The van der Waals surface area contributed by atoms with E-state index in [0.717, 1.165) is 30.5 Å². The molecule has 2 aromatic carbocycles. The van der Waals surface area contributed by atoms with Crippen molar-refractivity contribution in [2.45, 2.75) is 6.92 Å². The predicted octanol–water partition coefficient (Wildman–Crippen LogP) is 3.04. The van der Waals surface area contributed by atoms with Crippen LogP contribution in [-0.4, -0.2) is 25.6 Å². The van der Waals surface area contributed by atoms with Crippen molar-refractivity contribution in [1.29, 1.82) is 0 Å². The molecule has 6 nitrogen and oxygen atoms in total. The molecule has 2 aromatic rings. The van der Waals surface area contributed by atoms with Crippen molar-refractivity contribution in [2.24, 2.45) is 0 Å². The highest BCUT2D eigenvalue weighted by Gasteiger charge is 2.18. The summed E-state index contributed by atoms with van der Waals surface area (Å²) in [6.07, 6.45) is 0.866. The molecule has 0 unspecified atom stereocenters. The Balaban J connectivity index is 2.56. The summed E-state index contributed by atoms with van der Waals surface area (Å²) in [5, 5.41) is 9.81. The van der Waals surface area contributed by atoms with Gasteiger partial charge in [0.1, 0.15) is 11.6 Å². The second-order valence-electron chi connectivity index (χ2n) is 4.97. The average Bonchev–Trinajstić information content (AvgIpc) is 2.42. The number of phenols is 1. The van der Waals surface area contributed by atoms with E-state index in [1.807, 2.05) is 0 Å². The maximum absolute atomic E-state index is 13.7. The monoisotopic (exact) mass is 357 g/mol. The van der Waals surface area contributed by atoms with Gasteiger partial charge in [-0.25, -0.2) is 17.2 Å². The Bertz CT molecular complexity index is 912. The first kappa shape index (κ1) is 17.7. The molecule has 0 aromatic heterocycles. The third-order valence-corrected chi connectivity index (χ3v) is 3.48. The summed E-state index contributed by atoms with van der Waals surface area (Å²) >= 11 is 0. The molecule has 0 fully saturated rings. The number of carbonyl (C=O) groups is 1. The molecule has 0 aliphatic rings. The Labute approximate surface area is 136 Å². The fourth-order valence-electron chi connectivity index (χ4n) is 1.89. The zero-order valence-corrected chi connectivity index (χ0v) is 13.4. The zero-order chi connectivity index (χ0) is 18.1. The van der Waals surface area contributed by atoms with E-state index in [4.69, 9.17) is 4.74 Å². The molecule has 128 valence electrons. The van der Waals surface area contributed by atoms with Crippen molar-refractivity contribution < 1.29 is 31.8 Å². The largest absolute Gasteiger partial charge is 0.507 e. The molecule has 0 bridgehead atoms. The minimum absolute atomic E-state index is 0.147. The number of hydrogen-bond acceptors (Lipinski definition) is 5. The van der Waals surface area contributed by atoms with Crippen molar-refractivity contribution in [3.8, 4) is 17.2 Å². The second-order valence-corrected chi connectivity index (χ2v) is 6.72. The zero-order valence-electron chi connectivity index (χ0n) is 12.6. The topological polar surface area (TPSA) is 92.7 Å². The van der Waals surface area contributed by atoms with Crippen LogP contribution in [0.15, 0.2) is 30.3 Å². The summed E-state index contributed by atoms with van der Waals surface area (Å²) in [7, 11) is -3.74. The van der Waals surface area contributed by atoms with Crippen molar-refractivity contribution >= 4 is 21.5 Å². The number of halogens is 2. The fourth-order valence-corrected chi connectivity index (χ4v) is 2.45. The van der Waals surface area contributed by atoms with Crippen molar-refractivity contribution in [3.05, 3.63) is 47.5 Å². The van der Waals surface area contributed by atoms with Gasteiger partial charge >= 0.3 is 0 Å². The number of hydrogen-bond donors (Lipinski definition) is 2. The van der Waals surface area contributed by atoms with Crippen LogP contribution in [0.4, 0.5) is 14.5 Å². The fraction of sp³-hybridized carbons (Fsp3) is 0.133. The molecule has 0 aliphatic heterocycles. The number of sulfonamides is 1. The Hall–Kier alpha value is -2.68. The molecule has 0 aliphatic carbocycles. The van der Waals surface area contributed by atoms with Gasteiger partial charge in [-0.3, -0.25) is 9.52 Å². The lowest BCUT2D eigenvalue weighted by Gasteiger charge is -2.14. The molecule has 9 heteroatoms. The van der Waals surface area contributed by atoms with E-state index in [0.29, 0.717) is 6.07 Å². The van der Waals surface area contributed by atoms with Gasteiger partial charge in [-0.05, 0) is 25.1 Å². The number of phenolic OH excluding ortho intramolecular Hbond substituents is 1. The molecule has 2 rings (SSSR count). The Kier molecular flexibility index (Phi) is 4.74. The van der Waals surface area contributed by atoms with E-state index in [9.17, 15) is 27.1 Å². The predicted molar refractivity (Wildman–Crippen MR) is 83.0 cm³/mol. The molecular formula is C15H13F2NO5S. The van der Waals surface area contributed by atoms with Gasteiger partial charge in [-0.1, -0.05) is 0 Å². The van der Waals surface area contributed by atoms with E-state index >= 15 is 0 Å². The number of aromatic hydroxyl groups is 1. The summed E-state index contributed by atoms with van der Waals surface area (Å²) in [4.78, 5) is 11.5. The minimum atomic E-state index is -3.74. The molecule has 0 heterocycles. The summed E-state index contributed by atoms with van der Waals surface area (Å²) < 4.78 is 56.8. The maximum Gasteiger partial charge on any atom is 0.229 e. The summed E-state index contributed by atoms with van der Waals surface area (Å²) in [6.45, 7) is 1.18. The molecule has 0 spiro atoms. The van der Waals surface area contributed by atoms with E-state index in [2.05, 4.69) is 4.72 Å². The van der Waals surface area contributed by atoms with E-state index in [-0.39, 0.29) is 22.7 Å². The molecule has 0 saturated carbocycles. The smallest absolute Gasteiger partial charge is 0.229 e. The summed E-state index contributed by atoms with van der Waals surface area (Å²) in [5.74, 6) is -3.42. The third-order valence-electron chi connectivity index (χ3n) is 2.89. The average molecular weight is 357 g/mol. The van der Waals surface area contributed by atoms with Gasteiger partial charge in [0.2, 0.25) is 10.0 Å². The number of ether oxygens (including phenoxy) is 1. The van der Waals surface area contributed by atoms with Crippen molar-refractivity contribution in [3.63, 3.8) is 0 Å². The number of nitrogens with one attached hydrogen (secondary N) is 1. The summed E-state index contributed by atoms with van der Waals surface area (Å²) in [5.41, 5.74) is -0.352. The molecule has 0 saturated heterocycles. The van der Waals surface area contributed by atoms with Gasteiger partial charge in [0.05, 0.1) is 17.5 Å². The summed E-state index contributed by atoms with van der Waals surface area (Å²) in [6, 6.07) is 4.58. The maximum atomic E-state index is 13.7. The van der Waals surface area contributed by atoms with Crippen LogP contribution < -0.4 is 9.46 Å². The van der Waals surface area contributed by atoms with Crippen molar-refractivity contribution in [2.75, 3.05) is 11.0 Å². The van der Waals surface area contributed by atoms with E-state index in [1.54, 1.807) is 0 Å². The first-order chi connectivity index (χ1) is 11.1. The van der Waals surface area contributed by atoms with Gasteiger partial charge in [0, 0.05) is 12.1 Å². The van der Waals surface area contributed by atoms with Gasteiger partial charge in [-0.15, -0.1) is 0 Å². The lowest BCUT2D eigenvalue weighted by molar-refractivity contribution is 0.101. The van der Waals surface area contributed by atoms with Crippen LogP contribution >= 0.6 is 0 Å². The molecule has 2 N–H and O–H groups in total. The van der Waals surface area contributed by atoms with Crippen LogP contribution in [0.3, 0.4) is 0 Å². The van der Waals surface area contributed by atoms with Crippen LogP contribution in [0.25, 0.3) is 0 Å². The van der Waals surface area contributed by atoms with Crippen LogP contribution in [-0.2, 0) is 10.0 Å². The standard InChI is InChI=1S/C15H13F2NO5S/c1-8(19)10-6-15(12(7-13(10)20)18-24(2,21)22)23-14-4-3-9(16)5-11(14)17/h3-7,18,20H,1-2H3. The van der Waals surface area contributed by atoms with Crippen LogP contribution in [0, 0.1) is 11.6 Å². The van der Waals surface area contributed by atoms with Gasteiger partial charge in [0.15, 0.2) is 23.1 Å². The normalized spacial score (nSPS) is 11.2. The Morgan fingerprint density at radius 3 is 2.38 bits per heavy atom. The lowest BCUT2D eigenvalue weighted by Crippen LogP contribution is -2.11. The van der Waals surface area contributed by atoms with Crippen LogP contribution in [0.2, 0.25) is 0 Å². The highest BCUT2D eigenvalue weighted by atomic mass is 32.2. The Morgan fingerprint density at radius 1 is 1.17 bits per heavy atom. The number of ketones is 1. The van der Waals surface area contributed by atoms with Gasteiger partial charge in [-0.2, -0.15) is 0 Å². The third kappa shape index (κ3) is 4.19. The lowest BCUT2D eigenvalue weighted by atomic mass is 10.1. The molecular weight excluding hydrogens is 344 g/mol. The highest BCUT2D eigenvalue weighted by molar-refractivity contribution is 7.92. The number of benzene rings is 2. The van der Waals surface area contributed by atoms with Gasteiger partial charge in [0.25, 0.3) is 0 Å². The van der Waals surface area contributed by atoms with E-state index in [1.165, 1.54) is 6.92 Å². The molecule has 0 amide bonds.